The molecule has 35 heavy (non-hydrogen) atoms. The van der Waals surface area contributed by atoms with E-state index in [0.717, 1.165) is 0 Å². The van der Waals surface area contributed by atoms with E-state index in [4.69, 9.17) is 0 Å². The Morgan fingerprint density at radius 2 is 2.06 bits per heavy atom. The number of fused-ring (bicyclic) bond motifs is 1. The Hall–Kier alpha value is -2.66. The molecule has 2 fully saturated rings. The number of benzene rings is 1. The highest BCUT2D eigenvalue weighted by molar-refractivity contribution is 7.82. The van der Waals surface area contributed by atoms with Crippen molar-refractivity contribution < 1.29 is 26.7 Å². The minimum Gasteiger partial charge on any atom is -0.368 e. The maximum absolute atomic E-state index is 14.7. The van der Waals surface area contributed by atoms with Crippen LogP contribution >= 0.6 is 12.6 Å². The van der Waals surface area contributed by atoms with Gasteiger partial charge in [0, 0.05) is 29.5 Å². The van der Waals surface area contributed by atoms with Gasteiger partial charge in [0.25, 0.3) is 0 Å². The molecule has 5 nitrogen and oxygen atoms in total. The van der Waals surface area contributed by atoms with Gasteiger partial charge in [0.05, 0.1) is 22.9 Å². The average molecular weight is 513 g/mol. The number of thiol groups is 1. The first-order valence-corrected chi connectivity index (χ1v) is 11.6. The van der Waals surface area contributed by atoms with Crippen LogP contribution in [0.2, 0.25) is 0 Å². The van der Waals surface area contributed by atoms with E-state index in [-0.39, 0.29) is 36.3 Å². The Morgan fingerprint density at radius 1 is 1.31 bits per heavy atom. The third-order valence-electron chi connectivity index (χ3n) is 6.13. The minimum atomic E-state index is -4.71. The van der Waals surface area contributed by atoms with Gasteiger partial charge in [-0.25, -0.2) is 13.8 Å². The van der Waals surface area contributed by atoms with Crippen LogP contribution in [0.4, 0.5) is 27.6 Å². The fourth-order valence-corrected chi connectivity index (χ4v) is 4.29. The zero-order valence-electron chi connectivity index (χ0n) is 18.6. The zero-order valence-corrected chi connectivity index (χ0v) is 19.5. The highest BCUT2D eigenvalue weighted by Gasteiger charge is 2.43. The molecule has 188 valence electrons. The lowest BCUT2D eigenvalue weighted by Gasteiger charge is -2.38. The first-order valence-electron chi connectivity index (χ1n) is 11.1. The molecule has 2 aliphatic rings. The van der Waals surface area contributed by atoms with Crippen molar-refractivity contribution in [3.8, 4) is 0 Å². The van der Waals surface area contributed by atoms with Gasteiger partial charge in [-0.1, -0.05) is 24.8 Å². The Labute approximate surface area is 204 Å². The molecule has 0 spiro atoms. The van der Waals surface area contributed by atoms with E-state index in [1.54, 1.807) is 18.2 Å². The molecule has 0 bridgehead atoms. The second-order valence-electron chi connectivity index (χ2n) is 8.75. The van der Waals surface area contributed by atoms with E-state index in [1.165, 1.54) is 18.2 Å². The third kappa shape index (κ3) is 5.61. The first kappa shape index (κ1) is 25.4. The summed E-state index contributed by atoms with van der Waals surface area (Å²) in [5.41, 5.74) is -0.870. The number of nitrogens with zero attached hydrogens (tertiary/aromatic N) is 1. The normalized spacial score (nSPS) is 26.6. The predicted octanol–water partition coefficient (Wildman–Crippen LogP) is 4.67. The molecular weight excluding hydrogens is 487 g/mol. The number of carbonyl (C=O) groups is 1. The highest BCUT2D eigenvalue weighted by atomic mass is 32.1. The molecule has 2 heterocycles. The van der Waals surface area contributed by atoms with Crippen molar-refractivity contribution in [1.29, 1.82) is 0 Å². The van der Waals surface area contributed by atoms with Gasteiger partial charge in [-0.2, -0.15) is 13.2 Å². The number of piperidine rings is 1. The molecule has 3 N–H and O–H groups in total. The number of halogens is 5. The van der Waals surface area contributed by atoms with Crippen molar-refractivity contribution in [2.75, 3.05) is 25.0 Å². The third-order valence-corrected chi connectivity index (χ3v) is 6.75. The van der Waals surface area contributed by atoms with Crippen molar-refractivity contribution in [2.24, 2.45) is 5.92 Å². The number of hydrogen-bond donors (Lipinski definition) is 4. The number of pyridine rings is 1. The van der Waals surface area contributed by atoms with Crippen LogP contribution in [-0.2, 0) is 4.79 Å². The van der Waals surface area contributed by atoms with Crippen LogP contribution in [0.1, 0.15) is 24.2 Å². The molecule has 0 unspecified atom stereocenters. The lowest BCUT2D eigenvalue weighted by molar-refractivity contribution is -0.122. The van der Waals surface area contributed by atoms with Crippen LogP contribution in [0.5, 0.6) is 0 Å². The fraction of sp³-hybridized carbons (Fsp3) is 0.417. The van der Waals surface area contributed by atoms with Gasteiger partial charge in [-0.15, -0.1) is 12.6 Å². The summed E-state index contributed by atoms with van der Waals surface area (Å²) >= 11 is 4.52. The van der Waals surface area contributed by atoms with Crippen molar-refractivity contribution in [3.63, 3.8) is 0 Å². The summed E-state index contributed by atoms with van der Waals surface area (Å²) in [6, 6.07) is 6.28. The van der Waals surface area contributed by atoms with Crippen LogP contribution in [0.25, 0.3) is 22.4 Å². The summed E-state index contributed by atoms with van der Waals surface area (Å²) in [6.45, 7) is 3.90. The molecule has 0 radical (unpaired) electrons. The smallest absolute Gasteiger partial charge is 0.368 e. The molecule has 11 heteroatoms. The Kier molecular flexibility index (Phi) is 7.10. The number of carbonyl (C=O) groups excluding carboxylic acids is 1. The summed E-state index contributed by atoms with van der Waals surface area (Å²) in [5, 5.41) is 9.18. The van der Waals surface area contributed by atoms with E-state index >= 15 is 0 Å². The Morgan fingerprint density at radius 3 is 2.71 bits per heavy atom. The summed E-state index contributed by atoms with van der Waals surface area (Å²) in [6.07, 6.45) is -3.64. The molecule has 4 atom stereocenters. The number of allylic oxidation sites excluding steroid dienone is 1. The van der Waals surface area contributed by atoms with Gasteiger partial charge in [0.15, 0.2) is 0 Å². The number of nitrogens with one attached hydrogen (secondary N) is 3. The molecule has 1 saturated carbocycles. The number of amides is 1. The summed E-state index contributed by atoms with van der Waals surface area (Å²) < 4.78 is 68.4. The fourth-order valence-electron chi connectivity index (χ4n) is 3.97. The number of alkyl halides is 5. The van der Waals surface area contributed by atoms with Gasteiger partial charge in [-0.05, 0) is 37.6 Å². The molecule has 1 aliphatic carbocycles. The Bertz CT molecular complexity index is 1170. The van der Waals surface area contributed by atoms with Gasteiger partial charge in [0.1, 0.15) is 17.2 Å². The second-order valence-corrected chi connectivity index (χ2v) is 9.55. The molecule has 1 aromatic carbocycles. The van der Waals surface area contributed by atoms with Crippen LogP contribution in [0, 0.1) is 5.92 Å². The standard InChI is InChI=1S/C24H25F5N4OS/c1-13(24(27,28)29)21-15-5-2-6-19(33-23(35)7-9-30-12-20(23)26)16(15)10-14(32-21)4-3-8-31-22(34)17-11-18(17)25/h2-6,10,17-18,20,30,33,35H,1,7-9,11-12H2,(H,31,34)/b4-3+/t17-,18-,20+,23-/m1/s1. The molecule has 1 amide bonds. The quantitative estimate of drug-likeness (QED) is 0.248. The molecule has 1 aromatic heterocycles. The minimum absolute atomic E-state index is 0.0630. The van der Waals surface area contributed by atoms with Crippen LogP contribution in [0.15, 0.2) is 36.9 Å². The SMILES string of the molecule is C=C(c1nc(/C=C/CNC(=O)[C@@H]2C[C@H]2F)cc2c(N[C@@]3(S)CCNC[C@@H]3F)cccc12)C(F)(F)F. The maximum Gasteiger partial charge on any atom is 0.417 e. The van der Waals surface area contributed by atoms with Crippen molar-refractivity contribution in [3.05, 3.63) is 48.3 Å². The van der Waals surface area contributed by atoms with Gasteiger partial charge < -0.3 is 16.0 Å². The number of rotatable bonds is 7. The zero-order chi connectivity index (χ0) is 25.4. The average Bonchev–Trinajstić information content (AvgIpc) is 3.54. The van der Waals surface area contributed by atoms with Crippen LogP contribution in [-0.4, -0.2) is 53.9 Å². The lowest BCUT2D eigenvalue weighted by atomic mass is 9.99. The van der Waals surface area contributed by atoms with Gasteiger partial charge in [0.2, 0.25) is 5.91 Å². The van der Waals surface area contributed by atoms with Gasteiger partial charge >= 0.3 is 6.18 Å². The highest BCUT2D eigenvalue weighted by Crippen LogP contribution is 2.39. The summed E-state index contributed by atoms with van der Waals surface area (Å²) in [7, 11) is 0. The van der Waals surface area contributed by atoms with E-state index in [0.29, 0.717) is 24.0 Å². The van der Waals surface area contributed by atoms with E-state index in [2.05, 4.69) is 40.1 Å². The Balaban J connectivity index is 1.68. The number of anilines is 1. The topological polar surface area (TPSA) is 66.0 Å². The summed E-state index contributed by atoms with van der Waals surface area (Å²) in [4.78, 5) is 14.7. The largest absolute Gasteiger partial charge is 0.417 e. The van der Waals surface area contributed by atoms with Crippen LogP contribution in [0.3, 0.4) is 0 Å². The molecular formula is C24H25F5N4OS. The molecule has 4 rings (SSSR count). The van der Waals surface area contributed by atoms with Crippen molar-refractivity contribution in [2.45, 2.75) is 36.2 Å². The molecule has 1 saturated heterocycles. The van der Waals surface area contributed by atoms with Crippen molar-refractivity contribution >= 4 is 46.6 Å². The number of hydrogen-bond acceptors (Lipinski definition) is 5. The first-order chi connectivity index (χ1) is 16.5. The van der Waals surface area contributed by atoms with Crippen molar-refractivity contribution in [1.82, 2.24) is 15.6 Å². The monoisotopic (exact) mass is 512 g/mol. The van der Waals surface area contributed by atoms with E-state index in [1.807, 2.05) is 0 Å². The lowest BCUT2D eigenvalue weighted by Crippen LogP contribution is -2.53. The summed E-state index contributed by atoms with van der Waals surface area (Å²) in [5.74, 6) is -1.05. The van der Waals surface area contributed by atoms with Crippen LogP contribution < -0.4 is 16.0 Å². The molecule has 1 aliphatic heterocycles. The second kappa shape index (κ2) is 9.77. The van der Waals surface area contributed by atoms with E-state index in [9.17, 15) is 26.7 Å². The maximum atomic E-state index is 14.7. The predicted molar refractivity (Wildman–Crippen MR) is 130 cm³/mol. The van der Waals surface area contributed by atoms with Gasteiger partial charge in [-0.3, -0.25) is 4.79 Å². The van der Waals surface area contributed by atoms with E-state index < -0.39 is 40.8 Å². The number of aromatic nitrogens is 1. The molecule has 2 aromatic rings.